The number of hydrogen-bond donors (Lipinski definition) is 1. The number of rotatable bonds is 5. The van der Waals surface area contributed by atoms with Crippen LogP contribution in [0.2, 0.25) is 5.02 Å². The van der Waals surface area contributed by atoms with Gasteiger partial charge in [-0.25, -0.2) is 0 Å². The first-order valence-electron chi connectivity index (χ1n) is 5.79. The molecule has 0 aromatic carbocycles. The average Bonchev–Trinajstić information content (AvgIpc) is 2.77. The summed E-state index contributed by atoms with van der Waals surface area (Å²) in [7, 11) is 1.60. The average molecular weight is 274 g/mol. The van der Waals surface area contributed by atoms with Crippen molar-refractivity contribution >= 4 is 17.4 Å². The molecule has 1 aliphatic rings. The van der Waals surface area contributed by atoms with E-state index in [1.54, 1.807) is 11.8 Å². The maximum Gasteiger partial charge on any atom is 0.201 e. The van der Waals surface area contributed by atoms with Crippen molar-refractivity contribution in [1.82, 2.24) is 15.1 Å². The number of Topliss-reactive ketones (excluding diaryl/α,β-unsaturated/α-hetero) is 1. The number of aromatic nitrogens is 2. The minimum Gasteiger partial charge on any atom is -0.383 e. The second-order valence-electron chi connectivity index (χ2n) is 4.00. The summed E-state index contributed by atoms with van der Waals surface area (Å²) in [6.07, 6.45) is 1.48. The molecule has 1 atom stereocenters. The third-order valence-electron chi connectivity index (χ3n) is 2.77. The Morgan fingerprint density at radius 1 is 1.78 bits per heavy atom. The summed E-state index contributed by atoms with van der Waals surface area (Å²) in [6, 6.07) is -0.353. The number of halogens is 1. The minimum atomic E-state index is -0.353. The van der Waals surface area contributed by atoms with Gasteiger partial charge in [0, 0.05) is 13.7 Å². The molecule has 100 valence electrons. The zero-order valence-electron chi connectivity index (χ0n) is 10.2. The fourth-order valence-corrected chi connectivity index (χ4v) is 2.09. The van der Waals surface area contributed by atoms with Crippen molar-refractivity contribution in [2.75, 3.05) is 33.5 Å². The monoisotopic (exact) mass is 273 g/mol. The van der Waals surface area contributed by atoms with Crippen LogP contribution in [0, 0.1) is 0 Å². The van der Waals surface area contributed by atoms with Crippen molar-refractivity contribution in [3.8, 4) is 0 Å². The van der Waals surface area contributed by atoms with E-state index in [0.717, 1.165) is 0 Å². The molecular formula is C11H16ClN3O3. The minimum absolute atomic E-state index is 0.0895. The predicted octanol–water partition coefficient (Wildman–Crippen LogP) is 0.354. The maximum atomic E-state index is 12.3. The molecule has 0 bridgehead atoms. The molecule has 6 nitrogen and oxygen atoms in total. The Morgan fingerprint density at radius 3 is 3.28 bits per heavy atom. The highest BCUT2D eigenvalue weighted by Gasteiger charge is 2.27. The molecule has 1 saturated heterocycles. The molecular weight excluding hydrogens is 258 g/mol. The smallest absolute Gasteiger partial charge is 0.201 e. The van der Waals surface area contributed by atoms with Crippen molar-refractivity contribution in [3.63, 3.8) is 0 Å². The molecule has 1 aliphatic heterocycles. The first kappa shape index (κ1) is 13.5. The number of methoxy groups -OCH3 is 1. The van der Waals surface area contributed by atoms with E-state index in [-0.39, 0.29) is 11.8 Å². The number of hydrogen-bond acceptors (Lipinski definition) is 5. The number of carbonyl (C=O) groups excluding carboxylic acids is 1. The summed E-state index contributed by atoms with van der Waals surface area (Å²) >= 11 is 6.02. The quantitative estimate of drug-likeness (QED) is 0.785. The summed E-state index contributed by atoms with van der Waals surface area (Å²) in [4.78, 5) is 12.3. The summed E-state index contributed by atoms with van der Waals surface area (Å²) in [5.41, 5.74) is 0.414. The van der Waals surface area contributed by atoms with E-state index in [9.17, 15) is 4.79 Å². The van der Waals surface area contributed by atoms with Crippen LogP contribution in [-0.4, -0.2) is 55.1 Å². The van der Waals surface area contributed by atoms with Gasteiger partial charge >= 0.3 is 0 Å². The van der Waals surface area contributed by atoms with Crippen LogP contribution in [0.1, 0.15) is 10.5 Å². The first-order chi connectivity index (χ1) is 8.74. The van der Waals surface area contributed by atoms with Gasteiger partial charge in [0.1, 0.15) is 5.69 Å². The summed E-state index contributed by atoms with van der Waals surface area (Å²) in [6.45, 7) is 2.63. The molecule has 0 amide bonds. The fourth-order valence-electron chi connectivity index (χ4n) is 1.85. The molecule has 0 aliphatic carbocycles. The largest absolute Gasteiger partial charge is 0.383 e. The Kier molecular flexibility index (Phi) is 4.71. The van der Waals surface area contributed by atoms with Crippen molar-refractivity contribution in [1.29, 1.82) is 0 Å². The van der Waals surface area contributed by atoms with Crippen LogP contribution in [0.4, 0.5) is 0 Å². The Labute approximate surface area is 110 Å². The second-order valence-corrected chi connectivity index (χ2v) is 4.41. The lowest BCUT2D eigenvalue weighted by Gasteiger charge is -2.22. The van der Waals surface area contributed by atoms with Crippen LogP contribution in [0.5, 0.6) is 0 Å². The van der Waals surface area contributed by atoms with Crippen molar-refractivity contribution < 1.29 is 14.3 Å². The Bertz CT molecular complexity index is 416. The lowest BCUT2D eigenvalue weighted by molar-refractivity contribution is 0.0598. The Morgan fingerprint density at radius 2 is 2.61 bits per heavy atom. The zero-order valence-corrected chi connectivity index (χ0v) is 10.9. The van der Waals surface area contributed by atoms with Gasteiger partial charge in [-0.3, -0.25) is 9.48 Å². The van der Waals surface area contributed by atoms with Crippen LogP contribution in [-0.2, 0) is 16.0 Å². The van der Waals surface area contributed by atoms with Gasteiger partial charge in [0.2, 0.25) is 5.78 Å². The van der Waals surface area contributed by atoms with Crippen molar-refractivity contribution in [2.24, 2.45) is 0 Å². The number of nitrogens with zero attached hydrogens (tertiary/aromatic N) is 2. The van der Waals surface area contributed by atoms with E-state index in [2.05, 4.69) is 10.4 Å². The number of nitrogens with one attached hydrogen (secondary N) is 1. The molecule has 2 heterocycles. The summed E-state index contributed by atoms with van der Waals surface area (Å²) in [5, 5.41) is 7.56. The van der Waals surface area contributed by atoms with Gasteiger partial charge in [0.05, 0.1) is 43.6 Å². The molecule has 2 rings (SSSR count). The molecule has 7 heteroatoms. The molecule has 0 spiro atoms. The topological polar surface area (TPSA) is 65.4 Å². The van der Waals surface area contributed by atoms with Gasteiger partial charge in [0.15, 0.2) is 0 Å². The lowest BCUT2D eigenvalue weighted by Crippen LogP contribution is -2.47. The van der Waals surface area contributed by atoms with Crippen LogP contribution >= 0.6 is 11.6 Å². The normalized spacial score (nSPS) is 20.0. The lowest BCUT2D eigenvalue weighted by atomic mass is 10.1. The highest BCUT2D eigenvalue weighted by molar-refractivity contribution is 6.33. The first-order valence-corrected chi connectivity index (χ1v) is 6.17. The molecule has 0 saturated carbocycles. The number of carbonyl (C=O) groups is 1. The molecule has 1 unspecified atom stereocenters. The van der Waals surface area contributed by atoms with E-state index in [4.69, 9.17) is 21.1 Å². The van der Waals surface area contributed by atoms with Crippen LogP contribution in [0.3, 0.4) is 0 Å². The molecule has 1 N–H and O–H groups in total. The molecule has 1 fully saturated rings. The molecule has 1 aromatic rings. The SMILES string of the molecule is COCCn1ncc(Cl)c1C(=O)C1COCCN1. The van der Waals surface area contributed by atoms with E-state index < -0.39 is 0 Å². The van der Waals surface area contributed by atoms with Crippen LogP contribution < -0.4 is 5.32 Å². The van der Waals surface area contributed by atoms with Gasteiger partial charge < -0.3 is 14.8 Å². The molecule has 1 aromatic heterocycles. The van der Waals surface area contributed by atoms with Gasteiger partial charge in [-0.15, -0.1) is 0 Å². The third kappa shape index (κ3) is 2.89. The predicted molar refractivity (Wildman–Crippen MR) is 66.1 cm³/mol. The summed E-state index contributed by atoms with van der Waals surface area (Å²) < 4.78 is 11.8. The van der Waals surface area contributed by atoms with E-state index in [1.807, 2.05) is 0 Å². The van der Waals surface area contributed by atoms with Crippen LogP contribution in [0.15, 0.2) is 6.20 Å². The Balaban J connectivity index is 2.14. The van der Waals surface area contributed by atoms with Gasteiger partial charge in [-0.2, -0.15) is 5.10 Å². The van der Waals surface area contributed by atoms with E-state index in [1.165, 1.54) is 6.20 Å². The van der Waals surface area contributed by atoms with E-state index >= 15 is 0 Å². The summed E-state index contributed by atoms with van der Waals surface area (Å²) in [5.74, 6) is -0.0895. The van der Waals surface area contributed by atoms with Gasteiger partial charge in [-0.05, 0) is 0 Å². The van der Waals surface area contributed by atoms with Gasteiger partial charge in [0.25, 0.3) is 0 Å². The second kappa shape index (κ2) is 6.29. The highest BCUT2D eigenvalue weighted by atomic mass is 35.5. The molecule has 0 radical (unpaired) electrons. The van der Waals surface area contributed by atoms with E-state index in [0.29, 0.717) is 43.6 Å². The maximum absolute atomic E-state index is 12.3. The Hall–Kier alpha value is -0.950. The standard InChI is InChI=1S/C11H16ClN3O3/c1-17-5-3-15-10(8(12)6-14-15)11(16)9-7-18-4-2-13-9/h6,9,13H,2-5,7H2,1H3. The number of morpholine rings is 1. The van der Waals surface area contributed by atoms with Gasteiger partial charge in [-0.1, -0.05) is 11.6 Å². The fraction of sp³-hybridized carbons (Fsp3) is 0.636. The number of ketones is 1. The third-order valence-corrected chi connectivity index (χ3v) is 3.05. The van der Waals surface area contributed by atoms with Crippen molar-refractivity contribution in [2.45, 2.75) is 12.6 Å². The highest BCUT2D eigenvalue weighted by Crippen LogP contribution is 2.17. The molecule has 18 heavy (non-hydrogen) atoms. The number of ether oxygens (including phenoxy) is 2. The van der Waals surface area contributed by atoms with Crippen molar-refractivity contribution in [3.05, 3.63) is 16.9 Å². The zero-order chi connectivity index (χ0) is 13.0. The van der Waals surface area contributed by atoms with Crippen LogP contribution in [0.25, 0.3) is 0 Å².